The van der Waals surface area contributed by atoms with Gasteiger partial charge in [-0.25, -0.2) is 9.97 Å². The van der Waals surface area contributed by atoms with E-state index in [1.165, 1.54) is 0 Å². The van der Waals surface area contributed by atoms with Gasteiger partial charge >= 0.3 is 0 Å². The second-order valence-corrected chi connectivity index (χ2v) is 4.45. The minimum Gasteiger partial charge on any atom is -0.478 e. The molecule has 0 saturated heterocycles. The number of hydrogen-bond acceptors (Lipinski definition) is 6. The van der Waals surface area contributed by atoms with Gasteiger partial charge in [0.05, 0.1) is 17.8 Å². The Morgan fingerprint density at radius 3 is 3.00 bits per heavy atom. The van der Waals surface area contributed by atoms with E-state index in [0.717, 1.165) is 24.5 Å². The normalized spacial score (nSPS) is 10.3. The van der Waals surface area contributed by atoms with Crippen LogP contribution in [0, 0.1) is 6.92 Å². The van der Waals surface area contributed by atoms with Gasteiger partial charge in [0.25, 0.3) is 0 Å². The van der Waals surface area contributed by atoms with Gasteiger partial charge in [-0.2, -0.15) is 4.98 Å². The largest absolute Gasteiger partial charge is 0.478 e. The smallest absolute Gasteiger partial charge is 0.218 e. The summed E-state index contributed by atoms with van der Waals surface area (Å²) in [7, 11) is 0. The molecular weight excluding hydrogens is 248 g/mol. The molecule has 0 saturated carbocycles. The lowest BCUT2D eigenvalue weighted by atomic mass is 10.3. The van der Waals surface area contributed by atoms with Gasteiger partial charge in [-0.3, -0.25) is 0 Å². The van der Waals surface area contributed by atoms with E-state index in [4.69, 9.17) is 4.74 Å². The van der Waals surface area contributed by atoms with Crippen molar-refractivity contribution in [3.05, 3.63) is 28.5 Å². The monoisotopic (exact) mass is 264 g/mol. The summed E-state index contributed by atoms with van der Waals surface area (Å²) in [6.07, 6.45) is 0.885. The highest BCUT2D eigenvalue weighted by Crippen LogP contribution is 2.13. The third-order valence-electron chi connectivity index (χ3n) is 2.28. The van der Waals surface area contributed by atoms with Crippen molar-refractivity contribution in [3.63, 3.8) is 0 Å². The van der Waals surface area contributed by atoms with Gasteiger partial charge in [-0.1, -0.05) is 0 Å². The molecule has 0 spiro atoms. The van der Waals surface area contributed by atoms with Crippen molar-refractivity contribution in [2.24, 2.45) is 0 Å². The number of nitrogens with zero attached hydrogens (tertiary/aromatic N) is 3. The van der Waals surface area contributed by atoms with Crippen molar-refractivity contribution in [1.82, 2.24) is 15.0 Å². The number of rotatable bonds is 6. The molecule has 0 aliphatic rings. The predicted molar refractivity (Wildman–Crippen MR) is 72.2 cm³/mol. The Labute approximate surface area is 110 Å². The van der Waals surface area contributed by atoms with Crippen LogP contribution in [-0.4, -0.2) is 28.1 Å². The van der Waals surface area contributed by atoms with Gasteiger partial charge in [-0.15, -0.1) is 11.3 Å². The van der Waals surface area contributed by atoms with Crippen LogP contribution in [0.4, 0.5) is 5.82 Å². The first-order chi connectivity index (χ1) is 8.78. The number of ether oxygens (including phenoxy) is 1. The zero-order chi connectivity index (χ0) is 12.8. The molecule has 0 fully saturated rings. The molecule has 0 unspecified atom stereocenters. The first-order valence-corrected chi connectivity index (χ1v) is 6.81. The summed E-state index contributed by atoms with van der Waals surface area (Å²) >= 11 is 1.61. The molecule has 0 atom stereocenters. The van der Waals surface area contributed by atoms with Crippen molar-refractivity contribution in [2.75, 3.05) is 18.5 Å². The molecular formula is C12H16N4OS. The Kier molecular flexibility index (Phi) is 4.46. The molecule has 0 amide bonds. The third kappa shape index (κ3) is 3.66. The fourth-order valence-electron chi connectivity index (χ4n) is 1.53. The van der Waals surface area contributed by atoms with E-state index in [1.54, 1.807) is 11.3 Å². The van der Waals surface area contributed by atoms with Crippen LogP contribution in [0.15, 0.2) is 17.0 Å². The molecule has 18 heavy (non-hydrogen) atoms. The minimum absolute atomic E-state index is 0.606. The molecule has 0 radical (unpaired) electrons. The number of anilines is 1. The lowest BCUT2D eigenvalue weighted by molar-refractivity contribution is 0.325. The molecule has 0 aliphatic heterocycles. The van der Waals surface area contributed by atoms with Gasteiger partial charge in [0, 0.05) is 24.4 Å². The number of hydrogen-bond donors (Lipinski definition) is 1. The second kappa shape index (κ2) is 6.30. The van der Waals surface area contributed by atoms with Crippen molar-refractivity contribution in [2.45, 2.75) is 20.3 Å². The molecule has 2 rings (SSSR count). The highest BCUT2D eigenvalue weighted by atomic mass is 32.1. The van der Waals surface area contributed by atoms with Crippen molar-refractivity contribution >= 4 is 17.2 Å². The first-order valence-electron chi connectivity index (χ1n) is 5.87. The van der Waals surface area contributed by atoms with E-state index in [9.17, 15) is 0 Å². The molecule has 2 aromatic heterocycles. The summed E-state index contributed by atoms with van der Waals surface area (Å²) in [5, 5.41) is 5.31. The molecule has 6 heteroatoms. The topological polar surface area (TPSA) is 59.9 Å². The predicted octanol–water partition coefficient (Wildman–Crippen LogP) is 2.29. The van der Waals surface area contributed by atoms with E-state index in [-0.39, 0.29) is 0 Å². The average molecular weight is 264 g/mol. The van der Waals surface area contributed by atoms with Gasteiger partial charge in [0.2, 0.25) is 5.88 Å². The quantitative estimate of drug-likeness (QED) is 0.867. The van der Waals surface area contributed by atoms with Crippen LogP contribution in [0.3, 0.4) is 0 Å². The Morgan fingerprint density at radius 2 is 2.28 bits per heavy atom. The number of nitrogens with one attached hydrogen (secondary N) is 1. The molecule has 2 aromatic rings. The molecule has 1 N–H and O–H groups in total. The maximum atomic E-state index is 5.38. The standard InChI is InChI=1S/C12H16N4OS/c1-3-17-12-6-11(15-9(2)16-12)13-5-4-10-7-18-8-14-10/h6-8H,3-5H2,1-2H3,(H,13,15,16). The van der Waals surface area contributed by atoms with Crippen molar-refractivity contribution in [3.8, 4) is 5.88 Å². The summed E-state index contributed by atoms with van der Waals surface area (Å²) in [5.41, 5.74) is 2.94. The molecule has 0 aliphatic carbocycles. The Morgan fingerprint density at radius 1 is 1.39 bits per heavy atom. The van der Waals surface area contributed by atoms with Crippen LogP contribution in [0.2, 0.25) is 0 Å². The Bertz CT molecular complexity index is 487. The lowest BCUT2D eigenvalue weighted by Crippen LogP contribution is -2.08. The summed E-state index contributed by atoms with van der Waals surface area (Å²) in [5.74, 6) is 2.11. The third-order valence-corrected chi connectivity index (χ3v) is 2.91. The minimum atomic E-state index is 0.606. The molecule has 96 valence electrons. The van der Waals surface area contributed by atoms with Gasteiger partial charge < -0.3 is 10.1 Å². The van der Waals surface area contributed by atoms with E-state index < -0.39 is 0 Å². The van der Waals surface area contributed by atoms with Crippen LogP contribution in [0.1, 0.15) is 18.4 Å². The fraction of sp³-hybridized carbons (Fsp3) is 0.417. The molecule has 0 aromatic carbocycles. The van der Waals surface area contributed by atoms with Gasteiger partial charge in [0.15, 0.2) is 0 Å². The van der Waals surface area contributed by atoms with Crippen LogP contribution < -0.4 is 10.1 Å². The summed E-state index contributed by atoms with van der Waals surface area (Å²) < 4.78 is 5.38. The Hall–Kier alpha value is -1.69. The van der Waals surface area contributed by atoms with Gasteiger partial charge in [0.1, 0.15) is 11.6 Å². The number of thiazole rings is 1. The maximum Gasteiger partial charge on any atom is 0.218 e. The SMILES string of the molecule is CCOc1cc(NCCc2cscn2)nc(C)n1. The van der Waals surface area contributed by atoms with Crippen LogP contribution >= 0.6 is 11.3 Å². The van der Waals surface area contributed by atoms with Crippen molar-refractivity contribution in [1.29, 1.82) is 0 Å². The van der Waals surface area contributed by atoms with Crippen LogP contribution in [-0.2, 0) is 6.42 Å². The number of aryl methyl sites for hydroxylation is 1. The van der Waals surface area contributed by atoms with E-state index in [1.807, 2.05) is 25.4 Å². The van der Waals surface area contributed by atoms with E-state index in [0.29, 0.717) is 18.3 Å². The number of aromatic nitrogens is 3. The zero-order valence-corrected chi connectivity index (χ0v) is 11.3. The fourth-order valence-corrected chi connectivity index (χ4v) is 2.13. The van der Waals surface area contributed by atoms with Crippen LogP contribution in [0.25, 0.3) is 0 Å². The van der Waals surface area contributed by atoms with Crippen LogP contribution in [0.5, 0.6) is 5.88 Å². The van der Waals surface area contributed by atoms with Crippen molar-refractivity contribution < 1.29 is 4.74 Å². The Balaban J connectivity index is 1.92. The average Bonchev–Trinajstić information content (AvgIpc) is 2.82. The van der Waals surface area contributed by atoms with Gasteiger partial charge in [-0.05, 0) is 13.8 Å². The molecule has 0 bridgehead atoms. The molecule has 5 nitrogen and oxygen atoms in total. The summed E-state index contributed by atoms with van der Waals surface area (Å²) in [4.78, 5) is 12.7. The summed E-state index contributed by atoms with van der Waals surface area (Å²) in [6.45, 7) is 5.20. The summed E-state index contributed by atoms with van der Waals surface area (Å²) in [6, 6.07) is 1.82. The lowest BCUT2D eigenvalue weighted by Gasteiger charge is -2.08. The highest BCUT2D eigenvalue weighted by Gasteiger charge is 2.02. The molecule has 2 heterocycles. The van der Waals surface area contributed by atoms with E-state index in [2.05, 4.69) is 25.6 Å². The van der Waals surface area contributed by atoms with E-state index >= 15 is 0 Å². The first kappa shape index (κ1) is 12.8. The second-order valence-electron chi connectivity index (χ2n) is 3.73. The maximum absolute atomic E-state index is 5.38. The highest BCUT2D eigenvalue weighted by molar-refractivity contribution is 7.07. The zero-order valence-electron chi connectivity index (χ0n) is 10.5.